The fourth-order valence-electron chi connectivity index (χ4n) is 5.11. The van der Waals surface area contributed by atoms with Crippen molar-refractivity contribution in [2.45, 2.75) is 79.9 Å². The molecule has 198 valence electrons. The summed E-state index contributed by atoms with van der Waals surface area (Å²) < 4.78 is 17.8. The summed E-state index contributed by atoms with van der Waals surface area (Å²) in [5.74, 6) is 0. The summed E-state index contributed by atoms with van der Waals surface area (Å²) >= 11 is 0. The van der Waals surface area contributed by atoms with Crippen molar-refractivity contribution >= 4 is 5.69 Å². The molecule has 1 saturated carbocycles. The number of aliphatic hydroxyl groups is 3. The molecule has 12 nitrogen and oxygen atoms in total. The van der Waals surface area contributed by atoms with Crippen molar-refractivity contribution in [2.75, 3.05) is 31.6 Å². The maximum absolute atomic E-state index is 10.8. The number of hydrogen-bond acceptors (Lipinski definition) is 12. The largest absolute Gasteiger partial charge is 0.389 e. The van der Waals surface area contributed by atoms with Gasteiger partial charge in [-0.3, -0.25) is 0 Å². The Morgan fingerprint density at radius 3 is 2.57 bits per heavy atom. The summed E-state index contributed by atoms with van der Waals surface area (Å²) in [5.41, 5.74) is 26.5. The smallest absolute Gasteiger partial charge is 0.176 e. The molecule has 2 heterocycles. The van der Waals surface area contributed by atoms with Gasteiger partial charge in [0.15, 0.2) is 6.29 Å². The number of para-hydroxylation sites is 1. The van der Waals surface area contributed by atoms with E-state index >= 15 is 0 Å². The molecule has 1 saturated heterocycles. The van der Waals surface area contributed by atoms with E-state index in [1.807, 2.05) is 12.1 Å². The maximum Gasteiger partial charge on any atom is 0.176 e. The fourth-order valence-corrected chi connectivity index (χ4v) is 5.11. The highest BCUT2D eigenvalue weighted by atomic mass is 16.7. The van der Waals surface area contributed by atoms with Crippen LogP contribution in [0.25, 0.3) is 0 Å². The zero-order valence-electron chi connectivity index (χ0n) is 19.8. The van der Waals surface area contributed by atoms with Crippen molar-refractivity contribution in [1.82, 2.24) is 5.32 Å². The second-order valence-electron chi connectivity index (χ2n) is 9.72. The maximum atomic E-state index is 10.8. The van der Waals surface area contributed by atoms with Crippen LogP contribution in [0.3, 0.4) is 0 Å². The monoisotopic (exact) mass is 496 g/mol. The second-order valence-corrected chi connectivity index (χ2v) is 9.72. The van der Waals surface area contributed by atoms with Crippen molar-refractivity contribution in [3.05, 3.63) is 29.8 Å². The van der Waals surface area contributed by atoms with Gasteiger partial charge < -0.3 is 63.1 Å². The van der Waals surface area contributed by atoms with Crippen LogP contribution in [0.1, 0.15) is 12.0 Å². The molecule has 1 aromatic rings. The lowest BCUT2D eigenvalue weighted by Crippen LogP contribution is -2.67. The van der Waals surface area contributed by atoms with Crippen LogP contribution in [0.15, 0.2) is 24.3 Å². The first-order valence-electron chi connectivity index (χ1n) is 12.3. The van der Waals surface area contributed by atoms with Crippen molar-refractivity contribution < 1.29 is 29.5 Å². The van der Waals surface area contributed by atoms with Crippen LogP contribution in [0.5, 0.6) is 0 Å². The van der Waals surface area contributed by atoms with E-state index in [4.69, 9.17) is 37.1 Å². The Morgan fingerprint density at radius 2 is 1.80 bits per heavy atom. The van der Waals surface area contributed by atoms with Crippen molar-refractivity contribution in [3.8, 4) is 0 Å². The summed E-state index contributed by atoms with van der Waals surface area (Å²) in [6, 6.07) is 6.31. The van der Waals surface area contributed by atoms with Crippen LogP contribution < -0.4 is 33.6 Å². The number of ether oxygens (including phenoxy) is 3. The molecule has 11 atom stereocenters. The molecule has 1 aliphatic carbocycles. The molecular weight excluding hydrogens is 456 g/mol. The van der Waals surface area contributed by atoms with Gasteiger partial charge in [-0.15, -0.1) is 0 Å². The molecule has 2 fully saturated rings. The van der Waals surface area contributed by atoms with E-state index in [1.54, 1.807) is 0 Å². The van der Waals surface area contributed by atoms with Crippen LogP contribution in [0.2, 0.25) is 0 Å². The van der Waals surface area contributed by atoms with Crippen LogP contribution in [0.4, 0.5) is 5.69 Å². The number of nitrogens with one attached hydrogen (secondary N) is 2. The summed E-state index contributed by atoms with van der Waals surface area (Å²) in [6.07, 6.45) is -5.85. The van der Waals surface area contributed by atoms with Gasteiger partial charge >= 0.3 is 0 Å². The summed E-state index contributed by atoms with van der Waals surface area (Å²) in [7, 11) is 0. The highest BCUT2D eigenvalue weighted by Crippen LogP contribution is 2.28. The number of rotatable bonds is 8. The normalized spacial score (nSPS) is 41.7. The zero-order chi connectivity index (χ0) is 25.1. The van der Waals surface area contributed by atoms with Crippen LogP contribution in [-0.2, 0) is 20.6 Å². The molecule has 0 amide bonds. The Labute approximate surface area is 205 Å². The molecule has 2 aliphatic heterocycles. The first kappa shape index (κ1) is 26.6. The third kappa shape index (κ3) is 5.95. The standard InChI is InChI=1S/C23H40N6O6/c24-9-16-19(31)20(32)17(27)23(34-16)35-21-14(26)8-13(25)18(30)22(21)33-6-5-28-12-7-11-3-1-2-4-15(11)29-10-12/h1-4,12-14,16-23,28-32H,5-10,24-27H2/t12?,13-,14+,16-,17-,18+,19-,20-,21-,22-,23-/m1/s1. The molecular formula is C23H40N6O6. The summed E-state index contributed by atoms with van der Waals surface area (Å²) in [6.45, 7) is 1.62. The highest BCUT2D eigenvalue weighted by molar-refractivity contribution is 5.53. The minimum atomic E-state index is -1.29. The van der Waals surface area contributed by atoms with E-state index in [0.29, 0.717) is 19.6 Å². The number of anilines is 1. The lowest BCUT2D eigenvalue weighted by molar-refractivity contribution is -0.291. The van der Waals surface area contributed by atoms with Gasteiger partial charge in [-0.1, -0.05) is 18.2 Å². The van der Waals surface area contributed by atoms with Gasteiger partial charge in [0.05, 0.1) is 18.8 Å². The molecule has 12 heteroatoms. The molecule has 35 heavy (non-hydrogen) atoms. The average molecular weight is 497 g/mol. The highest BCUT2D eigenvalue weighted by Gasteiger charge is 2.48. The lowest BCUT2D eigenvalue weighted by atomic mass is 9.84. The third-order valence-corrected chi connectivity index (χ3v) is 7.21. The Hall–Kier alpha value is -1.42. The summed E-state index contributed by atoms with van der Waals surface area (Å²) in [4.78, 5) is 0. The summed E-state index contributed by atoms with van der Waals surface area (Å²) in [5, 5.41) is 38.1. The lowest BCUT2D eigenvalue weighted by Gasteiger charge is -2.46. The van der Waals surface area contributed by atoms with Crippen LogP contribution in [-0.4, -0.2) is 109 Å². The molecule has 0 radical (unpaired) electrons. The van der Waals surface area contributed by atoms with Gasteiger partial charge in [-0.05, 0) is 24.5 Å². The zero-order valence-corrected chi connectivity index (χ0v) is 19.8. The van der Waals surface area contributed by atoms with Gasteiger partial charge in [-0.25, -0.2) is 0 Å². The van der Waals surface area contributed by atoms with E-state index in [9.17, 15) is 15.3 Å². The average Bonchev–Trinajstić information content (AvgIpc) is 2.86. The van der Waals surface area contributed by atoms with Crippen molar-refractivity contribution in [3.63, 3.8) is 0 Å². The van der Waals surface area contributed by atoms with E-state index in [2.05, 4.69) is 22.8 Å². The molecule has 0 aromatic heterocycles. The number of fused-ring (bicyclic) bond motifs is 1. The number of hydrogen-bond donors (Lipinski definition) is 9. The number of nitrogens with two attached hydrogens (primary N) is 4. The minimum Gasteiger partial charge on any atom is -0.389 e. The molecule has 0 bridgehead atoms. The molecule has 0 spiro atoms. The van der Waals surface area contributed by atoms with Gasteiger partial charge in [0.25, 0.3) is 0 Å². The minimum absolute atomic E-state index is 0.0267. The van der Waals surface area contributed by atoms with Gasteiger partial charge in [-0.2, -0.15) is 0 Å². The van der Waals surface area contributed by atoms with Crippen molar-refractivity contribution in [2.24, 2.45) is 22.9 Å². The molecule has 1 unspecified atom stereocenters. The predicted octanol–water partition coefficient (Wildman–Crippen LogP) is -3.46. The number of benzene rings is 1. The topological polar surface area (TPSA) is 217 Å². The van der Waals surface area contributed by atoms with E-state index in [0.717, 1.165) is 18.7 Å². The van der Waals surface area contributed by atoms with E-state index < -0.39 is 61.0 Å². The Morgan fingerprint density at radius 1 is 1.03 bits per heavy atom. The molecule has 13 N–H and O–H groups in total. The van der Waals surface area contributed by atoms with E-state index in [1.165, 1.54) is 5.56 Å². The second kappa shape index (κ2) is 11.8. The Kier molecular flexibility index (Phi) is 8.94. The SMILES string of the molecule is NC[C@H]1O[C@H](O[C@H]2[C@H](OCCNC3CNc4ccccc4C3)[C@@H](O)[C@H](N)C[C@@H]2N)[C@H](N)[C@@H](O)[C@@H]1O. The molecule has 1 aromatic carbocycles. The Balaban J connectivity index is 1.34. The first-order chi connectivity index (χ1) is 16.8. The Bertz CT molecular complexity index is 820. The fraction of sp³-hybridized carbons (Fsp3) is 0.739. The van der Waals surface area contributed by atoms with Gasteiger partial charge in [0.1, 0.15) is 30.5 Å². The van der Waals surface area contributed by atoms with Gasteiger partial charge in [0, 0.05) is 43.4 Å². The van der Waals surface area contributed by atoms with Crippen LogP contribution >= 0.6 is 0 Å². The quantitative estimate of drug-likeness (QED) is 0.160. The van der Waals surface area contributed by atoms with Crippen LogP contribution in [0, 0.1) is 0 Å². The first-order valence-corrected chi connectivity index (χ1v) is 12.3. The van der Waals surface area contributed by atoms with Gasteiger partial charge in [0.2, 0.25) is 0 Å². The number of aliphatic hydroxyl groups excluding tert-OH is 3. The third-order valence-electron chi connectivity index (χ3n) is 7.21. The van der Waals surface area contributed by atoms with Crippen molar-refractivity contribution in [1.29, 1.82) is 0 Å². The molecule has 3 aliphatic rings. The van der Waals surface area contributed by atoms with E-state index in [-0.39, 0.29) is 12.6 Å². The molecule has 4 rings (SSSR count). The predicted molar refractivity (Wildman–Crippen MR) is 129 cm³/mol.